The molecule has 0 spiro atoms. The van der Waals surface area contributed by atoms with Crippen molar-refractivity contribution in [3.63, 3.8) is 0 Å². The summed E-state index contributed by atoms with van der Waals surface area (Å²) < 4.78 is 23.6. The number of halogens is 1. The van der Waals surface area contributed by atoms with Crippen molar-refractivity contribution >= 4 is 34.7 Å². The Bertz CT molecular complexity index is 404. The van der Waals surface area contributed by atoms with Crippen molar-refractivity contribution in [2.45, 2.75) is 0 Å². The molecule has 0 aliphatic heterocycles. The van der Waals surface area contributed by atoms with Crippen LogP contribution in [0.15, 0.2) is 0 Å². The molecule has 1 aromatic heterocycles. The first-order valence-corrected chi connectivity index (χ1v) is 4.70. The summed E-state index contributed by atoms with van der Waals surface area (Å²) in [5, 5.41) is 12.0. The molecule has 0 aliphatic rings. The lowest BCUT2D eigenvalue weighted by Crippen LogP contribution is -2.10. The number of nitrogens with zero attached hydrogens (tertiary/aromatic N) is 2. The lowest BCUT2D eigenvalue weighted by Gasteiger charge is -2.08. The zero-order valence-corrected chi connectivity index (χ0v) is 8.43. The van der Waals surface area contributed by atoms with Crippen molar-refractivity contribution < 1.29 is 18.7 Å². The van der Waals surface area contributed by atoms with Crippen LogP contribution in [-0.2, 0) is 18.3 Å². The number of carbonyl (C=O) groups is 1. The van der Waals surface area contributed by atoms with Crippen LogP contribution in [0.2, 0.25) is 5.15 Å². The van der Waals surface area contributed by atoms with Gasteiger partial charge in [-0.05, 0) is 0 Å². The summed E-state index contributed by atoms with van der Waals surface area (Å²) in [5.41, 5.74) is -0.377. The second-order valence-electron chi connectivity index (χ2n) is 2.28. The minimum atomic E-state index is -2.62. The summed E-state index contributed by atoms with van der Waals surface area (Å²) >= 11 is 2.85. The normalized spacial score (nSPS) is 12.5. The van der Waals surface area contributed by atoms with Crippen molar-refractivity contribution in [2.75, 3.05) is 4.72 Å². The van der Waals surface area contributed by atoms with Gasteiger partial charge in [-0.15, -0.1) is 0 Å². The van der Waals surface area contributed by atoms with E-state index in [-0.39, 0.29) is 16.5 Å². The fourth-order valence-electron chi connectivity index (χ4n) is 0.877. The molecule has 0 bridgehead atoms. The highest BCUT2D eigenvalue weighted by molar-refractivity contribution is 7.80. The number of nitrogens with one attached hydrogen (secondary N) is 1. The molecule has 2 N–H and O–H groups in total. The number of carboxylic acids is 1. The van der Waals surface area contributed by atoms with E-state index >= 15 is 0 Å². The van der Waals surface area contributed by atoms with E-state index in [9.17, 15) is 13.6 Å². The third-order valence-corrected chi connectivity index (χ3v) is 2.02. The number of aryl methyl sites for hydroxylation is 1. The molecule has 1 aromatic rings. The first-order chi connectivity index (χ1) is 6.43. The number of hydrogen-bond acceptors (Lipinski definition) is 4. The summed E-state index contributed by atoms with van der Waals surface area (Å²) in [6.07, 6.45) is 0. The SMILES string of the molecule is Cn1nc(Cl)c(C(=O)O)c1NS(=O)[O-]. The van der Waals surface area contributed by atoms with Gasteiger partial charge in [-0.3, -0.25) is 8.93 Å². The fourth-order valence-corrected chi connectivity index (χ4v) is 1.55. The summed E-state index contributed by atoms with van der Waals surface area (Å²) in [6, 6.07) is 0. The Morgan fingerprint density at radius 3 is 2.79 bits per heavy atom. The van der Waals surface area contributed by atoms with Crippen molar-refractivity contribution in [1.82, 2.24) is 9.78 Å². The predicted octanol–water partition coefficient (Wildman–Crippen LogP) is -0.0223. The molecule has 0 saturated heterocycles. The highest BCUT2D eigenvalue weighted by Gasteiger charge is 2.20. The monoisotopic (exact) mass is 238 g/mol. The maximum Gasteiger partial charge on any atom is 0.342 e. The highest BCUT2D eigenvalue weighted by atomic mass is 35.5. The topological polar surface area (TPSA) is 107 Å². The Labute approximate surface area is 86.1 Å². The molecular formula is C5H5ClN3O4S-. The van der Waals surface area contributed by atoms with Gasteiger partial charge in [0, 0.05) is 18.3 Å². The standard InChI is InChI=1S/C5H6ClN3O4S/c1-9-4(8-14(12)13)2(5(10)11)3(6)7-9/h8H,1H3,(H,10,11)(H,12,13)/p-1. The molecule has 0 fully saturated rings. The lowest BCUT2D eigenvalue weighted by molar-refractivity contribution is 0.0698. The van der Waals surface area contributed by atoms with Gasteiger partial charge < -0.3 is 9.66 Å². The number of anilines is 1. The molecular weight excluding hydrogens is 234 g/mol. The van der Waals surface area contributed by atoms with E-state index < -0.39 is 17.2 Å². The number of rotatable bonds is 3. The van der Waals surface area contributed by atoms with Crippen LogP contribution in [0.3, 0.4) is 0 Å². The van der Waals surface area contributed by atoms with Crippen LogP contribution < -0.4 is 4.72 Å². The van der Waals surface area contributed by atoms with Crippen molar-refractivity contribution in [3.8, 4) is 0 Å². The number of aromatic nitrogens is 2. The molecule has 0 radical (unpaired) electrons. The Kier molecular flexibility index (Phi) is 3.09. The van der Waals surface area contributed by atoms with E-state index in [2.05, 4.69) is 5.10 Å². The number of aromatic carboxylic acids is 1. The first kappa shape index (κ1) is 11.0. The maximum absolute atomic E-state index is 10.7. The smallest absolute Gasteiger partial charge is 0.342 e. The molecule has 7 nitrogen and oxygen atoms in total. The Balaban J connectivity index is 3.24. The van der Waals surface area contributed by atoms with Gasteiger partial charge in [0.25, 0.3) is 0 Å². The summed E-state index contributed by atoms with van der Waals surface area (Å²) in [6.45, 7) is 0. The van der Waals surface area contributed by atoms with E-state index in [0.29, 0.717) is 0 Å². The summed E-state index contributed by atoms with van der Waals surface area (Å²) in [7, 11) is 1.37. The molecule has 9 heteroatoms. The van der Waals surface area contributed by atoms with Crippen molar-refractivity contribution in [3.05, 3.63) is 10.7 Å². The van der Waals surface area contributed by atoms with Gasteiger partial charge in [0.1, 0.15) is 5.56 Å². The molecule has 0 aromatic carbocycles. The second kappa shape index (κ2) is 3.95. The zero-order chi connectivity index (χ0) is 10.9. The van der Waals surface area contributed by atoms with Crippen molar-refractivity contribution in [1.29, 1.82) is 0 Å². The molecule has 14 heavy (non-hydrogen) atoms. The molecule has 0 amide bonds. The summed E-state index contributed by atoms with van der Waals surface area (Å²) in [4.78, 5) is 10.7. The lowest BCUT2D eigenvalue weighted by atomic mass is 10.3. The Morgan fingerprint density at radius 1 is 1.79 bits per heavy atom. The minimum Gasteiger partial charge on any atom is -0.755 e. The largest absolute Gasteiger partial charge is 0.755 e. The van der Waals surface area contributed by atoms with E-state index in [1.54, 1.807) is 0 Å². The van der Waals surface area contributed by atoms with E-state index in [1.165, 1.54) is 7.05 Å². The first-order valence-electron chi connectivity index (χ1n) is 3.25. The van der Waals surface area contributed by atoms with E-state index in [0.717, 1.165) is 4.68 Å². The third-order valence-electron chi connectivity index (χ3n) is 1.40. The number of hydrogen-bond donors (Lipinski definition) is 2. The van der Waals surface area contributed by atoms with Crippen LogP contribution in [0.25, 0.3) is 0 Å². The van der Waals surface area contributed by atoms with E-state index in [4.69, 9.17) is 16.7 Å². The van der Waals surface area contributed by atoms with Crippen LogP contribution in [0.4, 0.5) is 5.82 Å². The molecule has 1 unspecified atom stereocenters. The van der Waals surface area contributed by atoms with Gasteiger partial charge in [-0.2, -0.15) is 5.10 Å². The molecule has 78 valence electrons. The predicted molar refractivity (Wildman–Crippen MR) is 47.7 cm³/mol. The van der Waals surface area contributed by atoms with Crippen LogP contribution in [0.1, 0.15) is 10.4 Å². The Hall–Kier alpha value is -1.12. The minimum absolute atomic E-state index is 0.184. The fraction of sp³-hybridized carbons (Fsp3) is 0.200. The van der Waals surface area contributed by atoms with Gasteiger partial charge >= 0.3 is 5.97 Å². The third kappa shape index (κ3) is 2.03. The number of carboxylic acid groups (broad SMARTS) is 1. The average Bonchev–Trinajstić information content (AvgIpc) is 2.25. The van der Waals surface area contributed by atoms with Gasteiger partial charge in [-0.25, -0.2) is 9.48 Å². The summed E-state index contributed by atoms with van der Waals surface area (Å²) in [5.74, 6) is -1.54. The molecule has 0 aliphatic carbocycles. The molecule has 1 atom stereocenters. The zero-order valence-electron chi connectivity index (χ0n) is 6.85. The van der Waals surface area contributed by atoms with E-state index in [1.807, 2.05) is 4.72 Å². The van der Waals surface area contributed by atoms with Crippen LogP contribution in [0, 0.1) is 0 Å². The van der Waals surface area contributed by atoms with Gasteiger partial charge in [0.05, 0.1) is 0 Å². The maximum atomic E-state index is 10.7. The van der Waals surface area contributed by atoms with Gasteiger partial charge in [-0.1, -0.05) is 11.6 Å². The second-order valence-corrected chi connectivity index (χ2v) is 3.31. The van der Waals surface area contributed by atoms with Crippen molar-refractivity contribution in [2.24, 2.45) is 7.05 Å². The highest BCUT2D eigenvalue weighted by Crippen LogP contribution is 2.23. The molecule has 1 rings (SSSR count). The van der Waals surface area contributed by atoms with Crippen LogP contribution in [0.5, 0.6) is 0 Å². The van der Waals surface area contributed by atoms with Gasteiger partial charge in [0.15, 0.2) is 11.0 Å². The average molecular weight is 239 g/mol. The van der Waals surface area contributed by atoms with Gasteiger partial charge in [0.2, 0.25) is 0 Å². The molecule has 0 saturated carbocycles. The van der Waals surface area contributed by atoms with Crippen LogP contribution >= 0.6 is 11.6 Å². The molecule has 1 heterocycles. The Morgan fingerprint density at radius 2 is 2.36 bits per heavy atom. The quantitative estimate of drug-likeness (QED) is 0.720. The van der Waals surface area contributed by atoms with Crippen LogP contribution in [-0.4, -0.2) is 29.6 Å².